The SMILES string of the molecule is CCOC(=O)Cc1csc(NC(=O)N[C@@H]2CC(=O)N(c3ccc(C)cc3)C2)n1. The summed E-state index contributed by atoms with van der Waals surface area (Å²) in [4.78, 5) is 41.8. The monoisotopic (exact) mass is 402 g/mol. The fourth-order valence-corrected chi connectivity index (χ4v) is 3.61. The summed E-state index contributed by atoms with van der Waals surface area (Å²) in [6, 6.07) is 6.99. The number of anilines is 2. The molecule has 1 aromatic carbocycles. The topological polar surface area (TPSA) is 101 Å². The number of ether oxygens (including phenoxy) is 1. The van der Waals surface area contributed by atoms with Crippen molar-refractivity contribution in [2.45, 2.75) is 32.7 Å². The third-order valence-electron chi connectivity index (χ3n) is 4.21. The first-order valence-electron chi connectivity index (χ1n) is 8.99. The smallest absolute Gasteiger partial charge is 0.321 e. The number of rotatable bonds is 6. The lowest BCUT2D eigenvalue weighted by Crippen LogP contribution is -2.39. The normalized spacial score (nSPS) is 16.1. The van der Waals surface area contributed by atoms with E-state index in [1.807, 2.05) is 31.2 Å². The Morgan fingerprint density at radius 3 is 2.79 bits per heavy atom. The maximum absolute atomic E-state index is 12.3. The van der Waals surface area contributed by atoms with Crippen molar-refractivity contribution in [1.82, 2.24) is 10.3 Å². The molecule has 1 aliphatic rings. The van der Waals surface area contributed by atoms with Gasteiger partial charge in [-0.2, -0.15) is 0 Å². The summed E-state index contributed by atoms with van der Waals surface area (Å²) in [7, 11) is 0. The first-order valence-corrected chi connectivity index (χ1v) is 9.87. The van der Waals surface area contributed by atoms with Gasteiger partial charge in [-0.05, 0) is 26.0 Å². The van der Waals surface area contributed by atoms with Crippen molar-refractivity contribution in [3.05, 3.63) is 40.9 Å². The van der Waals surface area contributed by atoms with E-state index in [1.54, 1.807) is 17.2 Å². The van der Waals surface area contributed by atoms with Crippen LogP contribution in [0, 0.1) is 6.92 Å². The van der Waals surface area contributed by atoms with Gasteiger partial charge in [0.2, 0.25) is 5.91 Å². The highest BCUT2D eigenvalue weighted by molar-refractivity contribution is 7.13. The highest BCUT2D eigenvalue weighted by atomic mass is 32.1. The number of benzene rings is 1. The van der Waals surface area contributed by atoms with Crippen molar-refractivity contribution < 1.29 is 19.1 Å². The predicted molar refractivity (Wildman–Crippen MR) is 107 cm³/mol. The van der Waals surface area contributed by atoms with E-state index in [0.717, 1.165) is 11.3 Å². The van der Waals surface area contributed by atoms with Crippen molar-refractivity contribution in [3.63, 3.8) is 0 Å². The zero-order chi connectivity index (χ0) is 20.1. The number of aryl methyl sites for hydroxylation is 1. The number of hydrogen-bond acceptors (Lipinski definition) is 6. The van der Waals surface area contributed by atoms with Crippen molar-refractivity contribution in [2.75, 3.05) is 23.4 Å². The molecule has 3 rings (SSSR count). The molecule has 1 atom stereocenters. The number of carbonyl (C=O) groups is 3. The standard InChI is InChI=1S/C19H22N4O4S/c1-3-27-17(25)9-14-11-28-19(21-14)22-18(26)20-13-8-16(24)23(10-13)15-6-4-12(2)5-7-15/h4-7,11,13H,3,8-10H2,1-2H3,(H2,20,21,22,26)/t13-/m1/s1. The number of aromatic nitrogens is 1. The van der Waals surface area contributed by atoms with E-state index in [2.05, 4.69) is 15.6 Å². The molecule has 8 nitrogen and oxygen atoms in total. The second-order valence-electron chi connectivity index (χ2n) is 6.47. The Morgan fingerprint density at radius 2 is 2.07 bits per heavy atom. The summed E-state index contributed by atoms with van der Waals surface area (Å²) in [5, 5.41) is 7.53. The maximum atomic E-state index is 12.3. The molecule has 1 saturated heterocycles. The molecule has 1 fully saturated rings. The first kappa shape index (κ1) is 19.8. The molecule has 9 heteroatoms. The van der Waals surface area contributed by atoms with Crippen molar-refractivity contribution in [1.29, 1.82) is 0 Å². The van der Waals surface area contributed by atoms with Gasteiger partial charge in [-0.25, -0.2) is 9.78 Å². The van der Waals surface area contributed by atoms with Gasteiger partial charge in [-0.15, -0.1) is 11.3 Å². The second-order valence-corrected chi connectivity index (χ2v) is 7.32. The number of urea groups is 1. The Labute approximate surface area is 166 Å². The van der Waals surface area contributed by atoms with Crippen LogP contribution in [0.25, 0.3) is 0 Å². The molecule has 28 heavy (non-hydrogen) atoms. The van der Waals surface area contributed by atoms with E-state index in [9.17, 15) is 14.4 Å². The molecule has 1 aromatic heterocycles. The summed E-state index contributed by atoms with van der Waals surface area (Å²) in [6.45, 7) is 4.46. The molecule has 0 aliphatic carbocycles. The molecular formula is C19H22N4O4S. The fraction of sp³-hybridized carbons (Fsp3) is 0.368. The van der Waals surface area contributed by atoms with E-state index in [4.69, 9.17) is 4.74 Å². The van der Waals surface area contributed by atoms with Crippen LogP contribution in [-0.4, -0.2) is 42.1 Å². The van der Waals surface area contributed by atoms with Gasteiger partial charge < -0.3 is 15.0 Å². The average Bonchev–Trinajstić information content (AvgIpc) is 3.22. The lowest BCUT2D eigenvalue weighted by molar-refractivity contribution is -0.142. The molecule has 0 spiro atoms. The van der Waals surface area contributed by atoms with E-state index in [-0.39, 0.29) is 30.8 Å². The Morgan fingerprint density at radius 1 is 1.32 bits per heavy atom. The number of thiazole rings is 1. The molecule has 0 unspecified atom stereocenters. The Kier molecular flexibility index (Phi) is 6.25. The number of nitrogens with one attached hydrogen (secondary N) is 2. The van der Waals surface area contributed by atoms with Crippen LogP contribution < -0.4 is 15.5 Å². The highest BCUT2D eigenvalue weighted by Crippen LogP contribution is 2.22. The number of nitrogens with zero attached hydrogens (tertiary/aromatic N) is 2. The maximum Gasteiger partial charge on any atom is 0.321 e. The van der Waals surface area contributed by atoms with Crippen LogP contribution in [0.1, 0.15) is 24.6 Å². The van der Waals surface area contributed by atoms with Crippen molar-refractivity contribution in [2.24, 2.45) is 0 Å². The largest absolute Gasteiger partial charge is 0.466 e. The molecule has 0 radical (unpaired) electrons. The quantitative estimate of drug-likeness (QED) is 0.723. The summed E-state index contributed by atoms with van der Waals surface area (Å²) >= 11 is 1.23. The average molecular weight is 402 g/mol. The van der Waals surface area contributed by atoms with Gasteiger partial charge >= 0.3 is 12.0 Å². The molecule has 0 bridgehead atoms. The third kappa shape index (κ3) is 5.07. The number of esters is 1. The predicted octanol–water partition coefficient (Wildman–Crippen LogP) is 2.48. The second kappa shape index (κ2) is 8.83. The molecule has 0 saturated carbocycles. The molecule has 148 valence electrons. The summed E-state index contributed by atoms with van der Waals surface area (Å²) in [5.41, 5.74) is 2.49. The molecule has 3 amide bonds. The van der Waals surface area contributed by atoms with Crippen LogP contribution in [0.4, 0.5) is 15.6 Å². The highest BCUT2D eigenvalue weighted by Gasteiger charge is 2.31. The number of amides is 3. The summed E-state index contributed by atoms with van der Waals surface area (Å²) in [6.07, 6.45) is 0.309. The van der Waals surface area contributed by atoms with Crippen LogP contribution >= 0.6 is 11.3 Å². The van der Waals surface area contributed by atoms with Gasteiger partial charge in [-0.3, -0.25) is 14.9 Å². The zero-order valence-electron chi connectivity index (χ0n) is 15.7. The lowest BCUT2D eigenvalue weighted by Gasteiger charge is -2.17. The molecule has 2 N–H and O–H groups in total. The molecule has 2 aromatic rings. The van der Waals surface area contributed by atoms with Gasteiger partial charge in [-0.1, -0.05) is 17.7 Å². The van der Waals surface area contributed by atoms with Crippen LogP contribution in [-0.2, 0) is 20.7 Å². The van der Waals surface area contributed by atoms with Crippen molar-refractivity contribution >= 4 is 40.1 Å². The minimum atomic E-state index is -0.430. The Balaban J connectivity index is 1.51. The summed E-state index contributed by atoms with van der Waals surface area (Å²) in [5.74, 6) is -0.385. The van der Waals surface area contributed by atoms with Crippen LogP contribution in [0.5, 0.6) is 0 Å². The van der Waals surface area contributed by atoms with Crippen LogP contribution in [0.15, 0.2) is 29.6 Å². The van der Waals surface area contributed by atoms with Crippen LogP contribution in [0.3, 0.4) is 0 Å². The van der Waals surface area contributed by atoms with E-state index in [0.29, 0.717) is 24.0 Å². The lowest BCUT2D eigenvalue weighted by atomic mass is 10.2. The van der Waals surface area contributed by atoms with Crippen molar-refractivity contribution in [3.8, 4) is 0 Å². The third-order valence-corrected chi connectivity index (χ3v) is 5.02. The van der Waals surface area contributed by atoms with Gasteiger partial charge in [0.1, 0.15) is 0 Å². The molecule has 2 heterocycles. The molecule has 1 aliphatic heterocycles. The molecular weight excluding hydrogens is 380 g/mol. The Hall–Kier alpha value is -2.94. The minimum absolute atomic E-state index is 0.0277. The number of hydrogen-bond donors (Lipinski definition) is 2. The summed E-state index contributed by atoms with van der Waals surface area (Å²) < 4.78 is 4.88. The van der Waals surface area contributed by atoms with Gasteiger partial charge in [0, 0.05) is 24.0 Å². The van der Waals surface area contributed by atoms with E-state index < -0.39 is 6.03 Å². The van der Waals surface area contributed by atoms with Gasteiger partial charge in [0.15, 0.2) is 5.13 Å². The van der Waals surface area contributed by atoms with Gasteiger partial charge in [0.25, 0.3) is 0 Å². The van der Waals surface area contributed by atoms with E-state index >= 15 is 0 Å². The number of carbonyl (C=O) groups excluding carboxylic acids is 3. The van der Waals surface area contributed by atoms with Crippen LogP contribution in [0.2, 0.25) is 0 Å². The minimum Gasteiger partial charge on any atom is -0.466 e. The fourth-order valence-electron chi connectivity index (χ4n) is 2.90. The zero-order valence-corrected chi connectivity index (χ0v) is 16.5. The first-order chi connectivity index (χ1) is 13.4. The Bertz CT molecular complexity index is 865. The van der Waals surface area contributed by atoms with E-state index in [1.165, 1.54) is 11.3 Å². The van der Waals surface area contributed by atoms with Gasteiger partial charge in [0.05, 0.1) is 24.8 Å².